The Kier molecular flexibility index (Phi) is 8.71. The summed E-state index contributed by atoms with van der Waals surface area (Å²) in [7, 11) is 3.01. The monoisotopic (exact) mass is 415 g/mol. The van der Waals surface area contributed by atoms with Crippen LogP contribution in [0.5, 0.6) is 11.5 Å². The molecule has 7 nitrogen and oxygen atoms in total. The minimum Gasteiger partial charge on any atom is -0.493 e. The van der Waals surface area contributed by atoms with Crippen LogP contribution in [0.4, 0.5) is 0 Å². The molecule has 1 aromatic carbocycles. The second-order valence-electron chi connectivity index (χ2n) is 8.13. The number of hydrogen-bond acceptors (Lipinski definition) is 6. The molecule has 0 saturated carbocycles. The van der Waals surface area contributed by atoms with Crippen molar-refractivity contribution in [3.8, 4) is 11.5 Å². The van der Waals surface area contributed by atoms with Gasteiger partial charge in [0.2, 0.25) is 0 Å². The van der Waals surface area contributed by atoms with E-state index in [0.29, 0.717) is 29.0 Å². The number of rotatable bonds is 8. The van der Waals surface area contributed by atoms with Crippen LogP contribution >= 0.6 is 0 Å². The second-order valence-corrected chi connectivity index (χ2v) is 8.13. The van der Waals surface area contributed by atoms with Crippen molar-refractivity contribution in [1.29, 1.82) is 0 Å². The molecule has 7 heteroatoms. The lowest BCUT2D eigenvalue weighted by Gasteiger charge is -2.24. The maximum Gasteiger partial charge on any atom is 0.271 e. The van der Waals surface area contributed by atoms with Gasteiger partial charge in [0.25, 0.3) is 5.91 Å². The van der Waals surface area contributed by atoms with Crippen LogP contribution < -0.4 is 26.3 Å². The van der Waals surface area contributed by atoms with Crippen LogP contribution in [0.3, 0.4) is 0 Å². The summed E-state index contributed by atoms with van der Waals surface area (Å²) >= 11 is 0. The van der Waals surface area contributed by atoms with Crippen molar-refractivity contribution in [2.75, 3.05) is 14.2 Å². The van der Waals surface area contributed by atoms with Gasteiger partial charge in [-0.3, -0.25) is 9.59 Å². The normalized spacial score (nSPS) is 13.6. The van der Waals surface area contributed by atoms with Crippen molar-refractivity contribution in [2.24, 2.45) is 22.8 Å². The van der Waals surface area contributed by atoms with E-state index in [4.69, 9.17) is 20.9 Å². The first-order valence-electron chi connectivity index (χ1n) is 9.62. The van der Waals surface area contributed by atoms with E-state index in [2.05, 4.69) is 5.32 Å². The molecule has 1 amide bonds. The first-order valence-corrected chi connectivity index (χ1v) is 9.62. The SMILES string of the molecule is COc1cccc(/C=C(/C=O)NC(=O)/C(N)=C/C(=C(/N)C(C)(C)C)C(C)C)c1OC. The van der Waals surface area contributed by atoms with Gasteiger partial charge in [-0.1, -0.05) is 46.8 Å². The van der Waals surface area contributed by atoms with Gasteiger partial charge >= 0.3 is 0 Å². The van der Waals surface area contributed by atoms with E-state index in [1.54, 1.807) is 24.3 Å². The standard InChI is InChI=1S/C23H33N3O4/c1-14(2)17(21(25)23(3,4)5)12-18(24)22(28)26-16(13-27)11-15-9-8-10-19(29-6)20(15)30-7/h8-14H,24-25H2,1-7H3,(H,26,28)/b16-11-,18-12-,21-17-. The molecule has 5 N–H and O–H groups in total. The fourth-order valence-corrected chi connectivity index (χ4v) is 2.72. The molecule has 0 aliphatic rings. The molecule has 0 fully saturated rings. The summed E-state index contributed by atoms with van der Waals surface area (Å²) in [4.78, 5) is 24.1. The number of carbonyl (C=O) groups is 2. The number of nitrogens with one attached hydrogen (secondary N) is 1. The van der Waals surface area contributed by atoms with Crippen molar-refractivity contribution in [3.63, 3.8) is 0 Å². The molecule has 0 saturated heterocycles. The average Bonchev–Trinajstić information content (AvgIpc) is 2.69. The molecule has 0 atom stereocenters. The Morgan fingerprint density at radius 3 is 2.23 bits per heavy atom. The summed E-state index contributed by atoms with van der Waals surface area (Å²) < 4.78 is 10.6. The van der Waals surface area contributed by atoms with E-state index in [9.17, 15) is 9.59 Å². The number of allylic oxidation sites excluding steroid dienone is 4. The number of para-hydroxylation sites is 1. The Morgan fingerprint density at radius 1 is 1.13 bits per heavy atom. The Hall–Kier alpha value is -3.22. The van der Waals surface area contributed by atoms with Crippen LogP contribution in [0.15, 0.2) is 46.9 Å². The van der Waals surface area contributed by atoms with E-state index in [-0.39, 0.29) is 22.7 Å². The van der Waals surface area contributed by atoms with Gasteiger partial charge in [0, 0.05) is 16.7 Å². The number of hydrogen-bond donors (Lipinski definition) is 3. The predicted molar refractivity (Wildman–Crippen MR) is 120 cm³/mol. The van der Waals surface area contributed by atoms with E-state index in [1.165, 1.54) is 20.3 Å². The molecular weight excluding hydrogens is 382 g/mol. The van der Waals surface area contributed by atoms with Crippen LogP contribution in [0.25, 0.3) is 6.08 Å². The fraction of sp³-hybridized carbons (Fsp3) is 0.391. The highest BCUT2D eigenvalue weighted by atomic mass is 16.5. The van der Waals surface area contributed by atoms with Gasteiger partial charge in [-0.15, -0.1) is 0 Å². The Balaban J connectivity index is 3.25. The van der Waals surface area contributed by atoms with Crippen LogP contribution in [-0.4, -0.2) is 26.4 Å². The molecule has 164 valence electrons. The molecule has 0 aliphatic carbocycles. The molecule has 0 unspecified atom stereocenters. The lowest BCUT2D eigenvalue weighted by Crippen LogP contribution is -2.29. The van der Waals surface area contributed by atoms with Crippen LogP contribution in [0, 0.1) is 11.3 Å². The number of methoxy groups -OCH3 is 2. The summed E-state index contributed by atoms with van der Waals surface area (Å²) in [5, 5.41) is 2.53. The lowest BCUT2D eigenvalue weighted by atomic mass is 9.85. The zero-order valence-corrected chi connectivity index (χ0v) is 18.8. The molecule has 0 bridgehead atoms. The van der Waals surface area contributed by atoms with Gasteiger partial charge in [-0.05, 0) is 29.7 Å². The highest BCUT2D eigenvalue weighted by Gasteiger charge is 2.20. The van der Waals surface area contributed by atoms with Crippen molar-refractivity contribution in [3.05, 3.63) is 52.5 Å². The third kappa shape index (κ3) is 6.40. The summed E-state index contributed by atoms with van der Waals surface area (Å²) in [6.07, 6.45) is 3.59. The zero-order valence-electron chi connectivity index (χ0n) is 18.8. The van der Waals surface area contributed by atoms with Gasteiger partial charge in [0.15, 0.2) is 17.8 Å². The Labute approximate surface area is 178 Å². The highest BCUT2D eigenvalue weighted by Crippen LogP contribution is 2.32. The van der Waals surface area contributed by atoms with Crippen molar-refractivity contribution in [2.45, 2.75) is 34.6 Å². The smallest absolute Gasteiger partial charge is 0.271 e. The number of carbonyl (C=O) groups excluding carboxylic acids is 2. The number of nitrogens with two attached hydrogens (primary N) is 2. The highest BCUT2D eigenvalue weighted by molar-refractivity contribution is 5.99. The molecule has 0 aliphatic heterocycles. The summed E-state index contributed by atoms with van der Waals surface area (Å²) in [5.74, 6) is 0.416. The Bertz CT molecular complexity index is 875. The summed E-state index contributed by atoms with van der Waals surface area (Å²) in [5.41, 5.74) is 14.0. The van der Waals surface area contributed by atoms with Gasteiger partial charge in [-0.25, -0.2) is 0 Å². The molecule has 0 radical (unpaired) electrons. The van der Waals surface area contributed by atoms with E-state index >= 15 is 0 Å². The van der Waals surface area contributed by atoms with Crippen LogP contribution in [-0.2, 0) is 9.59 Å². The first kappa shape index (κ1) is 24.8. The van der Waals surface area contributed by atoms with Gasteiger partial charge < -0.3 is 26.3 Å². The van der Waals surface area contributed by atoms with E-state index in [1.807, 2.05) is 34.6 Å². The van der Waals surface area contributed by atoms with Gasteiger partial charge in [-0.2, -0.15) is 0 Å². The predicted octanol–water partition coefficient (Wildman–Crippen LogP) is 3.12. The van der Waals surface area contributed by atoms with Crippen LogP contribution in [0.1, 0.15) is 40.2 Å². The topological polar surface area (TPSA) is 117 Å². The minimum atomic E-state index is -0.602. The van der Waals surface area contributed by atoms with Gasteiger partial charge in [0.05, 0.1) is 25.6 Å². The largest absolute Gasteiger partial charge is 0.493 e. The summed E-state index contributed by atoms with van der Waals surface area (Å²) in [6.45, 7) is 9.92. The van der Waals surface area contributed by atoms with Crippen molar-refractivity contribution < 1.29 is 19.1 Å². The molecule has 0 aromatic heterocycles. The fourth-order valence-electron chi connectivity index (χ4n) is 2.72. The Morgan fingerprint density at radius 2 is 1.77 bits per heavy atom. The maximum atomic E-state index is 12.6. The third-order valence-electron chi connectivity index (χ3n) is 4.44. The molecular formula is C23H33N3O4. The molecule has 1 aromatic rings. The second kappa shape index (κ2) is 10.5. The molecule has 30 heavy (non-hydrogen) atoms. The molecule has 0 heterocycles. The average molecular weight is 416 g/mol. The zero-order chi connectivity index (χ0) is 23.1. The van der Waals surface area contributed by atoms with Crippen LogP contribution in [0.2, 0.25) is 0 Å². The minimum absolute atomic E-state index is 0.0294. The molecule has 0 spiro atoms. The van der Waals surface area contributed by atoms with E-state index < -0.39 is 5.91 Å². The number of amides is 1. The number of ether oxygens (including phenoxy) is 2. The summed E-state index contributed by atoms with van der Waals surface area (Å²) in [6, 6.07) is 5.22. The number of aldehydes is 1. The van der Waals surface area contributed by atoms with E-state index in [0.717, 1.165) is 5.57 Å². The quantitative estimate of drug-likeness (QED) is 0.341. The van der Waals surface area contributed by atoms with Crippen molar-refractivity contribution >= 4 is 18.3 Å². The van der Waals surface area contributed by atoms with Crippen molar-refractivity contribution in [1.82, 2.24) is 5.32 Å². The third-order valence-corrected chi connectivity index (χ3v) is 4.44. The molecule has 1 rings (SSSR count). The first-order chi connectivity index (χ1) is 14.0. The lowest BCUT2D eigenvalue weighted by molar-refractivity contribution is -0.118. The number of benzene rings is 1. The maximum absolute atomic E-state index is 12.6. The van der Waals surface area contributed by atoms with Gasteiger partial charge in [0.1, 0.15) is 0 Å².